The van der Waals surface area contributed by atoms with E-state index in [0.29, 0.717) is 65.2 Å². The number of carbonyl (C=O) groups excluding carboxylic acids is 3. The second-order valence-corrected chi connectivity index (χ2v) is 10.7. The van der Waals surface area contributed by atoms with Gasteiger partial charge in [-0.2, -0.15) is 5.26 Å². The topological polar surface area (TPSA) is 127 Å². The van der Waals surface area contributed by atoms with Crippen LogP contribution in [-0.4, -0.2) is 78.7 Å². The van der Waals surface area contributed by atoms with E-state index in [1.807, 2.05) is 51.1 Å². The number of nitriles is 1. The minimum absolute atomic E-state index is 0.194. The minimum atomic E-state index is -1.09. The van der Waals surface area contributed by atoms with Gasteiger partial charge in [-0.15, -0.1) is 0 Å². The van der Waals surface area contributed by atoms with Crippen molar-refractivity contribution < 1.29 is 19.1 Å². The van der Waals surface area contributed by atoms with Crippen molar-refractivity contribution in [1.29, 1.82) is 5.26 Å². The highest BCUT2D eigenvalue weighted by Gasteiger charge is 2.40. The monoisotopic (exact) mass is 498 g/mol. The van der Waals surface area contributed by atoms with Crippen LogP contribution in [0.3, 0.4) is 0 Å². The van der Waals surface area contributed by atoms with Crippen LogP contribution in [0.2, 0.25) is 0 Å². The fourth-order valence-electron chi connectivity index (χ4n) is 4.39. The molecule has 2 aliphatic heterocycles. The van der Waals surface area contributed by atoms with Crippen LogP contribution in [-0.2, 0) is 16.1 Å². The minimum Gasteiger partial charge on any atom is -0.378 e. The lowest BCUT2D eigenvalue weighted by Crippen LogP contribution is -2.61. The number of carbonyl (C=O) groups is 3. The number of amides is 5. The SMILES string of the molecule is CC(C)(C)CC(NC(=O)N1CCOCC1)C(=O)NC1(C#N)CCN(C(=O)NCc2ccccc2)CC1. The van der Waals surface area contributed by atoms with E-state index in [1.165, 1.54) is 0 Å². The summed E-state index contributed by atoms with van der Waals surface area (Å²) in [4.78, 5) is 42.0. The average Bonchev–Trinajstić information content (AvgIpc) is 2.87. The number of benzene rings is 1. The van der Waals surface area contributed by atoms with Gasteiger partial charge in [-0.1, -0.05) is 51.1 Å². The van der Waals surface area contributed by atoms with Gasteiger partial charge in [0.2, 0.25) is 5.91 Å². The maximum absolute atomic E-state index is 13.3. The molecule has 10 heteroatoms. The predicted molar refractivity (Wildman–Crippen MR) is 135 cm³/mol. The van der Waals surface area contributed by atoms with Crippen LogP contribution in [0.25, 0.3) is 0 Å². The molecule has 2 fully saturated rings. The second kappa shape index (κ2) is 12.1. The fourth-order valence-corrected chi connectivity index (χ4v) is 4.39. The van der Waals surface area contributed by atoms with E-state index in [1.54, 1.807) is 9.80 Å². The maximum atomic E-state index is 13.3. The average molecular weight is 499 g/mol. The van der Waals surface area contributed by atoms with Crippen molar-refractivity contribution in [3.8, 4) is 6.07 Å². The van der Waals surface area contributed by atoms with Gasteiger partial charge >= 0.3 is 12.1 Å². The molecule has 0 aliphatic carbocycles. The Balaban J connectivity index is 1.57. The first-order valence-corrected chi connectivity index (χ1v) is 12.5. The van der Waals surface area contributed by atoms with Gasteiger partial charge in [-0.25, -0.2) is 9.59 Å². The van der Waals surface area contributed by atoms with E-state index in [-0.39, 0.29) is 23.4 Å². The number of nitrogens with one attached hydrogen (secondary N) is 3. The third-order valence-electron chi connectivity index (χ3n) is 6.50. The molecular weight excluding hydrogens is 460 g/mol. The Morgan fingerprint density at radius 3 is 2.22 bits per heavy atom. The molecule has 2 heterocycles. The van der Waals surface area contributed by atoms with Gasteiger partial charge in [-0.3, -0.25) is 4.79 Å². The molecule has 36 heavy (non-hydrogen) atoms. The molecule has 1 atom stereocenters. The molecule has 3 N–H and O–H groups in total. The predicted octanol–water partition coefficient (Wildman–Crippen LogP) is 2.22. The summed E-state index contributed by atoms with van der Waals surface area (Å²) in [5.74, 6) is -0.380. The molecule has 10 nitrogen and oxygen atoms in total. The number of hydrogen-bond donors (Lipinski definition) is 3. The van der Waals surface area contributed by atoms with Crippen molar-refractivity contribution in [2.45, 2.75) is 58.2 Å². The molecule has 1 unspecified atom stereocenters. The molecule has 2 aliphatic rings. The molecule has 0 bridgehead atoms. The lowest BCUT2D eigenvalue weighted by atomic mass is 9.85. The molecule has 1 aromatic rings. The highest BCUT2D eigenvalue weighted by molar-refractivity contribution is 5.88. The van der Waals surface area contributed by atoms with Crippen molar-refractivity contribution in [1.82, 2.24) is 25.8 Å². The number of likely N-dealkylation sites (tertiary alicyclic amines) is 1. The normalized spacial score (nSPS) is 18.5. The Bertz CT molecular complexity index is 941. The molecule has 2 saturated heterocycles. The Morgan fingerprint density at radius 1 is 1.03 bits per heavy atom. The van der Waals surface area contributed by atoms with E-state index in [9.17, 15) is 19.6 Å². The first-order valence-electron chi connectivity index (χ1n) is 12.5. The van der Waals surface area contributed by atoms with Crippen molar-refractivity contribution in [2.75, 3.05) is 39.4 Å². The first kappa shape index (κ1) is 27.3. The molecule has 196 valence electrons. The van der Waals surface area contributed by atoms with Crippen LogP contribution in [0.5, 0.6) is 0 Å². The van der Waals surface area contributed by atoms with Crippen LogP contribution in [0.1, 0.15) is 45.6 Å². The van der Waals surface area contributed by atoms with Crippen LogP contribution in [0.4, 0.5) is 9.59 Å². The highest BCUT2D eigenvalue weighted by atomic mass is 16.5. The van der Waals surface area contributed by atoms with Crippen LogP contribution in [0, 0.1) is 16.7 Å². The highest BCUT2D eigenvalue weighted by Crippen LogP contribution is 2.25. The third kappa shape index (κ3) is 7.85. The van der Waals surface area contributed by atoms with Crippen molar-refractivity contribution in [3.63, 3.8) is 0 Å². The van der Waals surface area contributed by atoms with Gasteiger partial charge in [0.1, 0.15) is 11.6 Å². The Morgan fingerprint density at radius 2 is 1.64 bits per heavy atom. The van der Waals surface area contributed by atoms with E-state index in [2.05, 4.69) is 22.0 Å². The molecular formula is C26H38N6O4. The lowest BCUT2D eigenvalue weighted by molar-refractivity contribution is -0.125. The first-order chi connectivity index (χ1) is 17.1. The zero-order valence-electron chi connectivity index (χ0n) is 21.5. The van der Waals surface area contributed by atoms with Crippen molar-refractivity contribution in [2.24, 2.45) is 5.41 Å². The summed E-state index contributed by atoms with van der Waals surface area (Å²) in [6.45, 7) is 9.00. The molecule has 0 spiro atoms. The van der Waals surface area contributed by atoms with Crippen LogP contribution in [0.15, 0.2) is 30.3 Å². The summed E-state index contributed by atoms with van der Waals surface area (Å²) in [5, 5.41) is 18.7. The fraction of sp³-hybridized carbons (Fsp3) is 0.615. The van der Waals surface area contributed by atoms with Gasteiger partial charge in [0.15, 0.2) is 0 Å². The van der Waals surface area contributed by atoms with Gasteiger partial charge < -0.3 is 30.5 Å². The summed E-state index contributed by atoms with van der Waals surface area (Å²) in [6, 6.07) is 10.6. The van der Waals surface area contributed by atoms with E-state index >= 15 is 0 Å². The van der Waals surface area contributed by atoms with Gasteiger partial charge in [-0.05, 0) is 17.4 Å². The summed E-state index contributed by atoms with van der Waals surface area (Å²) >= 11 is 0. The van der Waals surface area contributed by atoms with Crippen molar-refractivity contribution in [3.05, 3.63) is 35.9 Å². The molecule has 1 aromatic carbocycles. The molecule has 3 rings (SSSR count). The number of nitrogens with zero attached hydrogens (tertiary/aromatic N) is 3. The van der Waals surface area contributed by atoms with E-state index in [0.717, 1.165) is 5.56 Å². The lowest BCUT2D eigenvalue weighted by Gasteiger charge is -2.39. The number of ether oxygens (including phenoxy) is 1. The standard InChI is InChI=1S/C26H38N6O4/c1-25(2,3)17-21(29-24(35)32-13-15-36-16-14-32)22(33)30-26(19-27)9-11-31(12-10-26)23(34)28-18-20-7-5-4-6-8-20/h4-8,21H,9-18H2,1-3H3,(H,28,34)(H,29,35)(H,30,33). The Kier molecular flexibility index (Phi) is 9.15. The second-order valence-electron chi connectivity index (χ2n) is 10.7. The quantitative estimate of drug-likeness (QED) is 0.554. The smallest absolute Gasteiger partial charge is 0.318 e. The zero-order valence-corrected chi connectivity index (χ0v) is 21.5. The van der Waals surface area contributed by atoms with Gasteiger partial charge in [0, 0.05) is 45.6 Å². The number of urea groups is 2. The third-order valence-corrected chi connectivity index (χ3v) is 6.50. The Hall–Kier alpha value is -3.32. The van der Waals surface area contributed by atoms with Crippen molar-refractivity contribution >= 4 is 18.0 Å². The number of piperidine rings is 1. The molecule has 5 amide bonds. The maximum Gasteiger partial charge on any atom is 0.318 e. The summed E-state index contributed by atoms with van der Waals surface area (Å²) in [5.41, 5.74) is -0.307. The Labute approximate surface area is 213 Å². The summed E-state index contributed by atoms with van der Waals surface area (Å²) in [7, 11) is 0. The molecule has 0 aromatic heterocycles. The zero-order chi connectivity index (χ0) is 26.2. The van der Waals surface area contributed by atoms with E-state index < -0.39 is 11.6 Å². The molecule has 0 saturated carbocycles. The summed E-state index contributed by atoms with van der Waals surface area (Å²) in [6.07, 6.45) is 1.05. The molecule has 0 radical (unpaired) electrons. The van der Waals surface area contributed by atoms with E-state index in [4.69, 9.17) is 4.74 Å². The van der Waals surface area contributed by atoms with Crippen LogP contribution >= 0.6 is 0 Å². The number of morpholine rings is 1. The number of hydrogen-bond acceptors (Lipinski definition) is 5. The summed E-state index contributed by atoms with van der Waals surface area (Å²) < 4.78 is 5.30. The van der Waals surface area contributed by atoms with Gasteiger partial charge in [0.05, 0.1) is 19.3 Å². The van der Waals surface area contributed by atoms with Gasteiger partial charge in [0.25, 0.3) is 0 Å². The largest absolute Gasteiger partial charge is 0.378 e. The van der Waals surface area contributed by atoms with Crippen LogP contribution < -0.4 is 16.0 Å². The number of rotatable bonds is 6.